The van der Waals surface area contributed by atoms with Crippen molar-refractivity contribution in [3.05, 3.63) is 16.4 Å². The van der Waals surface area contributed by atoms with E-state index in [-0.39, 0.29) is 5.69 Å². The Balaban J connectivity index is 2.37. The van der Waals surface area contributed by atoms with Crippen molar-refractivity contribution in [1.29, 1.82) is 0 Å². The van der Waals surface area contributed by atoms with Gasteiger partial charge >= 0.3 is 5.69 Å². The van der Waals surface area contributed by atoms with E-state index in [9.17, 15) is 10.1 Å². The maximum atomic E-state index is 11.4. The molecule has 0 spiro atoms. The first-order valence-corrected chi connectivity index (χ1v) is 7.52. The molecule has 0 radical (unpaired) electrons. The number of nitrogens with one attached hydrogen (secondary N) is 1. The number of hydrogen-bond acceptors (Lipinski definition) is 6. The van der Waals surface area contributed by atoms with Crippen LogP contribution in [-0.4, -0.2) is 34.5 Å². The first-order valence-electron chi connectivity index (χ1n) is 7.52. The number of nitrogens with zero attached hydrogens (tertiary/aromatic N) is 4. The van der Waals surface area contributed by atoms with Crippen LogP contribution in [0.2, 0.25) is 0 Å². The minimum absolute atomic E-state index is 0.0281. The fraction of sp³-hybridized carbons (Fsp3) is 0.714. The lowest BCUT2D eigenvalue weighted by molar-refractivity contribution is -0.383. The molecular formula is C14H23N5O2. The molecule has 7 nitrogen and oxygen atoms in total. The summed E-state index contributed by atoms with van der Waals surface area (Å²) in [6.07, 6.45) is 6.01. The van der Waals surface area contributed by atoms with E-state index in [1.807, 2.05) is 18.9 Å². The van der Waals surface area contributed by atoms with Crippen molar-refractivity contribution in [3.8, 4) is 0 Å². The monoisotopic (exact) mass is 293 g/mol. The molecule has 1 aliphatic rings. The zero-order valence-corrected chi connectivity index (χ0v) is 12.9. The molecule has 0 amide bonds. The normalized spacial score (nSPS) is 21.9. The first-order chi connectivity index (χ1) is 10.1. The molecule has 1 aromatic heterocycles. The van der Waals surface area contributed by atoms with Crippen LogP contribution in [0.1, 0.15) is 39.5 Å². The Morgan fingerprint density at radius 2 is 2.14 bits per heavy atom. The first kappa shape index (κ1) is 15.5. The van der Waals surface area contributed by atoms with E-state index in [2.05, 4.69) is 22.2 Å². The van der Waals surface area contributed by atoms with E-state index in [0.717, 1.165) is 19.3 Å². The second-order valence-corrected chi connectivity index (χ2v) is 5.62. The van der Waals surface area contributed by atoms with Crippen LogP contribution in [0.25, 0.3) is 0 Å². The summed E-state index contributed by atoms with van der Waals surface area (Å²) in [5.41, 5.74) is -0.0281. The van der Waals surface area contributed by atoms with Crippen molar-refractivity contribution in [1.82, 2.24) is 9.97 Å². The molecule has 2 rings (SSSR count). The van der Waals surface area contributed by atoms with Gasteiger partial charge in [-0.25, -0.2) is 9.97 Å². The molecule has 1 heterocycles. The fourth-order valence-corrected chi connectivity index (χ4v) is 3.12. The van der Waals surface area contributed by atoms with Crippen LogP contribution < -0.4 is 10.2 Å². The lowest BCUT2D eigenvalue weighted by Gasteiger charge is -2.36. The molecule has 0 aromatic carbocycles. The molecule has 21 heavy (non-hydrogen) atoms. The Morgan fingerprint density at radius 3 is 2.76 bits per heavy atom. The summed E-state index contributed by atoms with van der Waals surface area (Å²) in [5.74, 6) is 1.22. The summed E-state index contributed by atoms with van der Waals surface area (Å²) in [6, 6.07) is 0.293. The van der Waals surface area contributed by atoms with Crippen LogP contribution in [0, 0.1) is 16.0 Å². The third-order valence-corrected chi connectivity index (χ3v) is 4.23. The highest BCUT2D eigenvalue weighted by atomic mass is 16.6. The molecule has 0 aliphatic heterocycles. The van der Waals surface area contributed by atoms with E-state index < -0.39 is 4.92 Å². The van der Waals surface area contributed by atoms with Gasteiger partial charge in [-0.15, -0.1) is 0 Å². The Morgan fingerprint density at radius 1 is 1.43 bits per heavy atom. The minimum atomic E-state index is -0.392. The Kier molecular flexibility index (Phi) is 4.93. The van der Waals surface area contributed by atoms with Gasteiger partial charge in [-0.1, -0.05) is 19.8 Å². The minimum Gasteiger partial charge on any atom is -0.364 e. The van der Waals surface area contributed by atoms with Crippen LogP contribution in [0.4, 0.5) is 17.3 Å². The van der Waals surface area contributed by atoms with Crippen LogP contribution in [0.15, 0.2) is 6.33 Å². The van der Waals surface area contributed by atoms with E-state index in [0.29, 0.717) is 30.1 Å². The van der Waals surface area contributed by atoms with Crippen LogP contribution >= 0.6 is 0 Å². The van der Waals surface area contributed by atoms with Gasteiger partial charge in [0.15, 0.2) is 0 Å². The second kappa shape index (κ2) is 6.69. The standard InChI is InChI=1S/C14H23N5O2/c1-4-15-13-12(19(20)21)14(17-9-16-13)18(3)11-8-6-5-7-10(11)2/h9-11H,4-8H2,1-3H3,(H,15,16,17). The number of hydrogen-bond donors (Lipinski definition) is 1. The topological polar surface area (TPSA) is 84.2 Å². The zero-order valence-electron chi connectivity index (χ0n) is 12.9. The predicted molar refractivity (Wildman–Crippen MR) is 82.7 cm³/mol. The van der Waals surface area contributed by atoms with E-state index >= 15 is 0 Å². The number of anilines is 2. The molecule has 1 fully saturated rings. The molecule has 7 heteroatoms. The van der Waals surface area contributed by atoms with Crippen LogP contribution in [0.3, 0.4) is 0 Å². The van der Waals surface area contributed by atoms with Crippen molar-refractivity contribution in [2.45, 2.75) is 45.6 Å². The number of nitro groups is 1. The summed E-state index contributed by atoms with van der Waals surface area (Å²) in [5, 5.41) is 14.4. The van der Waals surface area contributed by atoms with Crippen molar-refractivity contribution in [3.63, 3.8) is 0 Å². The average molecular weight is 293 g/mol. The van der Waals surface area contributed by atoms with Gasteiger partial charge in [0.2, 0.25) is 11.6 Å². The molecule has 116 valence electrons. The van der Waals surface area contributed by atoms with Gasteiger partial charge in [-0.2, -0.15) is 0 Å². The smallest absolute Gasteiger partial charge is 0.353 e. The maximum absolute atomic E-state index is 11.4. The highest BCUT2D eigenvalue weighted by Crippen LogP contribution is 2.36. The lowest BCUT2D eigenvalue weighted by Crippen LogP contribution is -2.39. The molecular weight excluding hydrogens is 270 g/mol. The molecule has 1 saturated carbocycles. The van der Waals surface area contributed by atoms with Crippen molar-refractivity contribution >= 4 is 17.3 Å². The van der Waals surface area contributed by atoms with Gasteiger partial charge in [-0.3, -0.25) is 10.1 Å². The highest BCUT2D eigenvalue weighted by Gasteiger charge is 2.32. The molecule has 1 N–H and O–H groups in total. The quantitative estimate of drug-likeness (QED) is 0.664. The van der Waals surface area contributed by atoms with E-state index in [1.54, 1.807) is 0 Å². The van der Waals surface area contributed by atoms with Gasteiger partial charge in [-0.05, 0) is 25.7 Å². The molecule has 1 aliphatic carbocycles. The second-order valence-electron chi connectivity index (χ2n) is 5.62. The van der Waals surface area contributed by atoms with Gasteiger partial charge in [0.05, 0.1) is 4.92 Å². The highest BCUT2D eigenvalue weighted by molar-refractivity contribution is 5.70. The van der Waals surface area contributed by atoms with Crippen molar-refractivity contribution in [2.75, 3.05) is 23.8 Å². The third kappa shape index (κ3) is 3.22. The molecule has 0 bridgehead atoms. The summed E-state index contributed by atoms with van der Waals surface area (Å²) < 4.78 is 0. The molecule has 0 saturated heterocycles. The van der Waals surface area contributed by atoms with Crippen LogP contribution in [0.5, 0.6) is 0 Å². The molecule has 2 atom stereocenters. The number of rotatable bonds is 5. The van der Waals surface area contributed by atoms with Gasteiger partial charge in [0.25, 0.3) is 0 Å². The molecule has 2 unspecified atom stereocenters. The Hall–Kier alpha value is -1.92. The summed E-state index contributed by atoms with van der Waals surface area (Å²) in [7, 11) is 1.90. The summed E-state index contributed by atoms with van der Waals surface area (Å²) in [6.45, 7) is 4.68. The fourth-order valence-electron chi connectivity index (χ4n) is 3.12. The van der Waals surface area contributed by atoms with Gasteiger partial charge < -0.3 is 10.2 Å². The Labute approximate surface area is 124 Å². The third-order valence-electron chi connectivity index (χ3n) is 4.23. The van der Waals surface area contributed by atoms with Gasteiger partial charge in [0, 0.05) is 19.6 Å². The Bertz CT molecular complexity index is 508. The average Bonchev–Trinajstić information content (AvgIpc) is 2.47. The van der Waals surface area contributed by atoms with E-state index in [1.165, 1.54) is 12.7 Å². The maximum Gasteiger partial charge on any atom is 0.353 e. The summed E-state index contributed by atoms with van der Waals surface area (Å²) >= 11 is 0. The van der Waals surface area contributed by atoms with Crippen molar-refractivity contribution in [2.24, 2.45) is 5.92 Å². The molecule has 1 aromatic rings. The van der Waals surface area contributed by atoms with Crippen molar-refractivity contribution < 1.29 is 4.92 Å². The van der Waals surface area contributed by atoms with Crippen LogP contribution in [-0.2, 0) is 0 Å². The van der Waals surface area contributed by atoms with Gasteiger partial charge in [0.1, 0.15) is 6.33 Å². The lowest BCUT2D eigenvalue weighted by atomic mass is 9.85. The predicted octanol–water partition coefficient (Wildman–Crippen LogP) is 2.83. The summed E-state index contributed by atoms with van der Waals surface area (Å²) in [4.78, 5) is 21.2. The zero-order chi connectivity index (χ0) is 15.4. The number of aromatic nitrogens is 2. The largest absolute Gasteiger partial charge is 0.364 e. The SMILES string of the molecule is CCNc1ncnc(N(C)C2CCCCC2C)c1[N+](=O)[O-]. The van der Waals surface area contributed by atoms with E-state index in [4.69, 9.17) is 0 Å².